The van der Waals surface area contributed by atoms with Crippen LogP contribution in [0.5, 0.6) is 5.75 Å². The molecular weight excluding hydrogens is 884 g/mol. The molecule has 1 aromatic heterocycles. The van der Waals surface area contributed by atoms with Crippen LogP contribution in [0.1, 0.15) is 58.4 Å². The SMILES string of the molecule is CS(=O)(=O)O.CS(=O)(=O)O.Cc1cc(C)c2cccc(OCc3c(Cl)ccc(S(=O)(=O)N4CCC[C@H]4C(=O)NC4CCN(C(=O)c5ccc(C(=N)N)cc5)CC4)c3Cl)c2n1. The summed E-state index contributed by atoms with van der Waals surface area (Å²) in [7, 11) is -11.5. The van der Waals surface area contributed by atoms with Crippen molar-refractivity contribution >= 4 is 82.0 Å². The number of benzene rings is 3. The van der Waals surface area contributed by atoms with E-state index in [0.29, 0.717) is 79.2 Å². The fourth-order valence-electron chi connectivity index (χ4n) is 6.65. The van der Waals surface area contributed by atoms with E-state index in [-0.39, 0.29) is 51.8 Å². The number of likely N-dealkylation sites (tertiary alicyclic amines) is 1. The lowest BCUT2D eigenvalue weighted by Crippen LogP contribution is -2.52. The number of pyridine rings is 1. The molecule has 1 atom stereocenters. The van der Waals surface area contributed by atoms with Gasteiger partial charge in [0.25, 0.3) is 26.1 Å². The maximum atomic E-state index is 14.1. The summed E-state index contributed by atoms with van der Waals surface area (Å²) < 4.78 is 87.2. The molecule has 60 heavy (non-hydrogen) atoms. The Morgan fingerprint density at radius 2 is 1.48 bits per heavy atom. The molecule has 0 spiro atoms. The number of para-hydroxylation sites is 1. The van der Waals surface area contributed by atoms with Crippen LogP contribution in [0.3, 0.4) is 0 Å². The molecule has 2 aliphatic rings. The zero-order valence-electron chi connectivity index (χ0n) is 33.1. The molecule has 2 aliphatic heterocycles. The molecular formula is C38H46Cl2N6O11S3. The highest BCUT2D eigenvalue weighted by molar-refractivity contribution is 7.89. The number of fused-ring (bicyclic) bond motifs is 1. The Labute approximate surface area is 359 Å². The van der Waals surface area contributed by atoms with Gasteiger partial charge in [0.2, 0.25) is 15.9 Å². The number of aromatic nitrogens is 1. The smallest absolute Gasteiger partial charge is 0.261 e. The maximum absolute atomic E-state index is 14.1. The summed E-state index contributed by atoms with van der Waals surface area (Å²) in [5.41, 5.74) is 9.44. The molecule has 0 radical (unpaired) electrons. The van der Waals surface area contributed by atoms with E-state index >= 15 is 0 Å². The minimum atomic E-state index is -4.19. The van der Waals surface area contributed by atoms with Gasteiger partial charge in [0, 0.05) is 58.5 Å². The maximum Gasteiger partial charge on any atom is 0.261 e. The van der Waals surface area contributed by atoms with Crippen LogP contribution in [0.25, 0.3) is 10.9 Å². The predicted octanol–water partition coefficient (Wildman–Crippen LogP) is 4.60. The molecule has 0 bridgehead atoms. The Morgan fingerprint density at radius 3 is 2.07 bits per heavy atom. The Balaban J connectivity index is 0.000000711. The number of amides is 2. The largest absolute Gasteiger partial charge is 0.487 e. The van der Waals surface area contributed by atoms with Gasteiger partial charge in [-0.3, -0.25) is 24.1 Å². The number of aryl methyl sites for hydroxylation is 2. The lowest BCUT2D eigenvalue weighted by atomic mass is 10.0. The number of piperidine rings is 1. The van der Waals surface area contributed by atoms with E-state index in [1.54, 1.807) is 35.2 Å². The van der Waals surface area contributed by atoms with Gasteiger partial charge in [-0.2, -0.15) is 21.1 Å². The van der Waals surface area contributed by atoms with Gasteiger partial charge in [0.15, 0.2) is 0 Å². The minimum Gasteiger partial charge on any atom is -0.487 e. The number of hydrogen-bond acceptors (Lipinski definition) is 11. The van der Waals surface area contributed by atoms with Crippen LogP contribution in [0, 0.1) is 19.3 Å². The fourth-order valence-corrected chi connectivity index (χ4v) is 9.17. The molecule has 326 valence electrons. The first-order chi connectivity index (χ1) is 27.8. The van der Waals surface area contributed by atoms with Gasteiger partial charge in [-0.25, -0.2) is 13.4 Å². The van der Waals surface area contributed by atoms with Gasteiger partial charge in [-0.15, -0.1) is 0 Å². The lowest BCUT2D eigenvalue weighted by Gasteiger charge is -2.33. The average molecular weight is 930 g/mol. The van der Waals surface area contributed by atoms with Crippen molar-refractivity contribution in [1.82, 2.24) is 19.5 Å². The molecule has 2 fully saturated rings. The first kappa shape index (κ1) is 48.3. The van der Waals surface area contributed by atoms with Crippen LogP contribution < -0.4 is 15.8 Å². The van der Waals surface area contributed by atoms with E-state index in [0.717, 1.165) is 16.6 Å². The molecule has 0 saturated carbocycles. The number of nitrogens with two attached hydrogens (primary N) is 1. The van der Waals surface area contributed by atoms with Crippen molar-refractivity contribution in [3.05, 3.63) is 98.7 Å². The van der Waals surface area contributed by atoms with Gasteiger partial charge in [0.05, 0.1) is 17.5 Å². The topological polar surface area (TPSA) is 268 Å². The second-order valence-electron chi connectivity index (χ2n) is 14.2. The van der Waals surface area contributed by atoms with Crippen LogP contribution in [0.15, 0.2) is 65.6 Å². The number of carbonyl (C=O) groups is 2. The molecule has 17 nitrogen and oxygen atoms in total. The van der Waals surface area contributed by atoms with E-state index < -0.39 is 36.3 Å². The van der Waals surface area contributed by atoms with Gasteiger partial charge in [-0.1, -0.05) is 47.5 Å². The quantitative estimate of drug-likeness (QED) is 0.0874. The number of nitrogens with zero attached hydrogens (tertiary/aromatic N) is 3. The molecule has 6 rings (SSSR count). The van der Waals surface area contributed by atoms with E-state index in [2.05, 4.69) is 10.3 Å². The molecule has 0 unspecified atom stereocenters. The van der Waals surface area contributed by atoms with Gasteiger partial charge >= 0.3 is 0 Å². The average Bonchev–Trinajstić information content (AvgIpc) is 3.65. The third kappa shape index (κ3) is 13.3. The molecule has 0 aliphatic carbocycles. The number of ether oxygens (including phenoxy) is 1. The zero-order valence-corrected chi connectivity index (χ0v) is 37.0. The van der Waals surface area contributed by atoms with Crippen molar-refractivity contribution < 1.29 is 48.7 Å². The van der Waals surface area contributed by atoms with Crippen molar-refractivity contribution in [2.45, 2.75) is 63.1 Å². The Kier molecular flexibility index (Phi) is 16.1. The highest BCUT2D eigenvalue weighted by Gasteiger charge is 2.41. The first-order valence-corrected chi connectivity index (χ1v) is 24.1. The number of sulfonamides is 1. The number of nitrogen functional groups attached to an aromatic ring is 1. The van der Waals surface area contributed by atoms with Crippen molar-refractivity contribution in [1.29, 1.82) is 5.41 Å². The summed E-state index contributed by atoms with van der Waals surface area (Å²) in [6.45, 7) is 4.85. The minimum absolute atomic E-state index is 0.0583. The summed E-state index contributed by atoms with van der Waals surface area (Å²) in [5, 5.41) is 11.7. The fraction of sp³-hybridized carbons (Fsp3) is 0.368. The standard InChI is InChI=1S/C36H38Cl2N6O5S.2CH4O3S/c1-21-19-22(2)41-33-26(21)5-3-7-30(33)49-20-27-28(37)12-13-31(32(27)38)50(47,48)44-16-4-6-29(44)35(45)42-25-14-17-43(18-15-25)36(46)24-10-8-23(9-11-24)34(39)40;2*1-5(2,3)4/h3,5,7-13,19,25,29H,4,6,14-18,20H2,1-2H3,(H3,39,40)(H,42,45);2*1H3,(H,2,3,4)/t29-;;/m0../s1. The lowest BCUT2D eigenvalue weighted by molar-refractivity contribution is -0.125. The highest BCUT2D eigenvalue weighted by Crippen LogP contribution is 2.37. The number of carbonyl (C=O) groups excluding carboxylic acids is 2. The van der Waals surface area contributed by atoms with Crippen molar-refractivity contribution in [3.63, 3.8) is 0 Å². The zero-order chi connectivity index (χ0) is 44.7. The van der Waals surface area contributed by atoms with Crippen LogP contribution in [0.4, 0.5) is 0 Å². The predicted molar refractivity (Wildman–Crippen MR) is 228 cm³/mol. The number of nitrogens with one attached hydrogen (secondary N) is 2. The van der Waals surface area contributed by atoms with E-state index in [1.165, 1.54) is 16.4 Å². The van der Waals surface area contributed by atoms with E-state index in [1.807, 2.05) is 32.0 Å². The van der Waals surface area contributed by atoms with Crippen molar-refractivity contribution in [3.8, 4) is 5.75 Å². The van der Waals surface area contributed by atoms with Gasteiger partial charge in [-0.05, 0) is 81.5 Å². The second kappa shape index (κ2) is 20.0. The normalized spacial score (nSPS) is 16.3. The monoisotopic (exact) mass is 928 g/mol. The summed E-state index contributed by atoms with van der Waals surface area (Å²) in [6, 6.07) is 15.9. The summed E-state index contributed by atoms with van der Waals surface area (Å²) in [6.07, 6.45) is 3.37. The summed E-state index contributed by atoms with van der Waals surface area (Å²) >= 11 is 13.3. The van der Waals surface area contributed by atoms with Crippen molar-refractivity contribution in [2.24, 2.45) is 5.73 Å². The van der Waals surface area contributed by atoms with Gasteiger partial charge < -0.3 is 20.7 Å². The van der Waals surface area contributed by atoms with E-state index in [9.17, 15) is 34.8 Å². The third-order valence-corrected chi connectivity index (χ3v) is 12.2. The molecule has 3 heterocycles. The molecule has 2 saturated heterocycles. The number of rotatable bonds is 9. The molecule has 3 aromatic carbocycles. The Bertz CT molecular complexity index is 2540. The first-order valence-electron chi connectivity index (χ1n) is 18.2. The molecule has 22 heteroatoms. The van der Waals surface area contributed by atoms with Gasteiger partial charge in [0.1, 0.15) is 34.6 Å². The van der Waals surface area contributed by atoms with E-state index in [4.69, 9.17) is 48.2 Å². The molecule has 6 N–H and O–H groups in total. The van der Waals surface area contributed by atoms with Crippen molar-refractivity contribution in [2.75, 3.05) is 32.1 Å². The van der Waals surface area contributed by atoms with Crippen LogP contribution in [0.2, 0.25) is 10.0 Å². The van der Waals surface area contributed by atoms with Crippen LogP contribution in [-0.2, 0) is 41.7 Å². The third-order valence-electron chi connectivity index (χ3n) is 9.32. The Morgan fingerprint density at radius 1 is 0.900 bits per heavy atom. The Hall–Kier alpha value is -4.41. The number of hydrogen-bond donors (Lipinski definition) is 5. The van der Waals surface area contributed by atoms with Crippen LogP contribution >= 0.6 is 23.2 Å². The molecule has 2 amide bonds. The summed E-state index contributed by atoms with van der Waals surface area (Å²) in [5.74, 6) is -0.0648. The van der Waals surface area contributed by atoms with Crippen LogP contribution in [-0.4, -0.2) is 110 Å². The summed E-state index contributed by atoms with van der Waals surface area (Å²) in [4.78, 5) is 32.8. The molecule has 4 aromatic rings. The highest BCUT2D eigenvalue weighted by atomic mass is 35.5. The second-order valence-corrected chi connectivity index (χ2v) is 19.7. The number of halogens is 2. The number of amidine groups is 1.